The Morgan fingerprint density at radius 1 is 1.30 bits per heavy atom. The Bertz CT molecular complexity index is 744. The van der Waals surface area contributed by atoms with E-state index in [-0.39, 0.29) is 11.6 Å². The van der Waals surface area contributed by atoms with E-state index < -0.39 is 18.6 Å². The molecule has 148 valence electrons. The van der Waals surface area contributed by atoms with Gasteiger partial charge >= 0.3 is 6.18 Å². The highest BCUT2D eigenvalue weighted by atomic mass is 19.4. The third-order valence-corrected chi connectivity index (χ3v) is 4.07. The maximum absolute atomic E-state index is 12.2. The van der Waals surface area contributed by atoms with Gasteiger partial charge in [-0.1, -0.05) is 24.2 Å². The van der Waals surface area contributed by atoms with Crippen LogP contribution in [-0.2, 0) is 13.0 Å². The number of halogens is 3. The van der Waals surface area contributed by atoms with E-state index in [9.17, 15) is 18.0 Å². The first-order valence-corrected chi connectivity index (χ1v) is 8.66. The topological polar surface area (TPSA) is 71.3 Å². The largest absolute Gasteiger partial charge is 0.405 e. The van der Waals surface area contributed by atoms with E-state index in [2.05, 4.69) is 10.1 Å². The molecule has 0 saturated heterocycles. The Labute approximate surface area is 155 Å². The first-order valence-electron chi connectivity index (χ1n) is 8.66. The molecule has 27 heavy (non-hydrogen) atoms. The fourth-order valence-corrected chi connectivity index (χ4v) is 2.42. The summed E-state index contributed by atoms with van der Waals surface area (Å²) in [7, 11) is 1.90. The quantitative estimate of drug-likeness (QED) is 0.754. The van der Waals surface area contributed by atoms with Crippen LogP contribution in [0.5, 0.6) is 0 Å². The lowest BCUT2D eigenvalue weighted by atomic mass is 10.1. The Balaban J connectivity index is 1.93. The average molecular weight is 384 g/mol. The average Bonchev–Trinajstić information content (AvgIpc) is 3.08. The summed E-state index contributed by atoms with van der Waals surface area (Å²) >= 11 is 0. The first-order chi connectivity index (χ1) is 12.7. The molecule has 2 aromatic rings. The molecular formula is C18H23F3N4O2. The van der Waals surface area contributed by atoms with Crippen LogP contribution in [0.1, 0.15) is 53.9 Å². The van der Waals surface area contributed by atoms with Crippen molar-refractivity contribution >= 4 is 5.91 Å². The van der Waals surface area contributed by atoms with Crippen LogP contribution in [0.4, 0.5) is 13.2 Å². The van der Waals surface area contributed by atoms with Crippen molar-refractivity contribution in [2.45, 2.75) is 45.5 Å². The van der Waals surface area contributed by atoms with Crippen LogP contribution in [0.15, 0.2) is 28.8 Å². The van der Waals surface area contributed by atoms with Gasteiger partial charge in [0.25, 0.3) is 5.91 Å². The van der Waals surface area contributed by atoms with E-state index in [1.165, 1.54) is 12.1 Å². The molecule has 1 heterocycles. The second-order valence-corrected chi connectivity index (χ2v) is 6.38. The molecule has 0 spiro atoms. The van der Waals surface area contributed by atoms with Gasteiger partial charge in [-0.3, -0.25) is 9.69 Å². The summed E-state index contributed by atoms with van der Waals surface area (Å²) < 4.78 is 41.8. The zero-order valence-electron chi connectivity index (χ0n) is 15.5. The number of hydrogen-bond donors (Lipinski definition) is 1. The standard InChI is InChI=1S/C18H23F3N4O2/c1-4-5-15-23-17(27-24-15)12(2)25(3)10-13-6-8-14(9-7-13)16(26)22-11-18(19,20)21/h6-9,12H,4-5,10-11H2,1-3H3,(H,22,26)/t12-/m1/s1. The Morgan fingerprint density at radius 2 is 1.96 bits per heavy atom. The third kappa shape index (κ3) is 6.35. The number of amides is 1. The summed E-state index contributed by atoms with van der Waals surface area (Å²) in [6.07, 6.45) is -2.73. The molecule has 6 nitrogen and oxygen atoms in total. The van der Waals surface area contributed by atoms with Crippen LogP contribution in [0.25, 0.3) is 0 Å². The van der Waals surface area contributed by atoms with E-state index in [1.54, 1.807) is 12.1 Å². The lowest BCUT2D eigenvalue weighted by molar-refractivity contribution is -0.123. The molecule has 0 unspecified atom stereocenters. The highest BCUT2D eigenvalue weighted by molar-refractivity contribution is 5.94. The summed E-state index contributed by atoms with van der Waals surface area (Å²) in [5.74, 6) is 0.459. The molecule has 1 amide bonds. The van der Waals surface area contributed by atoms with Gasteiger partial charge in [0.2, 0.25) is 5.89 Å². The number of aryl methyl sites for hydroxylation is 1. The van der Waals surface area contributed by atoms with Crippen LogP contribution in [-0.4, -0.2) is 40.7 Å². The number of benzene rings is 1. The second-order valence-electron chi connectivity index (χ2n) is 6.38. The van der Waals surface area contributed by atoms with Gasteiger partial charge in [0.1, 0.15) is 6.54 Å². The van der Waals surface area contributed by atoms with Crippen molar-refractivity contribution in [1.29, 1.82) is 0 Å². The molecule has 1 aromatic heterocycles. The number of rotatable bonds is 8. The SMILES string of the molecule is CCCc1noc([C@@H](C)N(C)Cc2ccc(C(=O)NCC(F)(F)F)cc2)n1. The molecule has 1 N–H and O–H groups in total. The number of carbonyl (C=O) groups is 1. The van der Waals surface area contributed by atoms with E-state index in [4.69, 9.17) is 4.52 Å². The van der Waals surface area contributed by atoms with Crippen LogP contribution in [0, 0.1) is 0 Å². The lowest BCUT2D eigenvalue weighted by Gasteiger charge is -2.21. The summed E-state index contributed by atoms with van der Waals surface area (Å²) in [5, 5.41) is 5.79. The minimum Gasteiger partial charge on any atom is -0.343 e. The summed E-state index contributed by atoms with van der Waals surface area (Å²) in [6.45, 7) is 3.19. The van der Waals surface area contributed by atoms with Gasteiger partial charge in [0, 0.05) is 18.5 Å². The van der Waals surface area contributed by atoms with Crippen molar-refractivity contribution in [3.05, 3.63) is 47.1 Å². The highest BCUT2D eigenvalue weighted by Gasteiger charge is 2.27. The normalized spacial score (nSPS) is 13.0. The highest BCUT2D eigenvalue weighted by Crippen LogP contribution is 2.20. The maximum atomic E-state index is 12.2. The van der Waals surface area contributed by atoms with Gasteiger partial charge < -0.3 is 9.84 Å². The van der Waals surface area contributed by atoms with E-state index >= 15 is 0 Å². The van der Waals surface area contributed by atoms with Crippen LogP contribution in [0.3, 0.4) is 0 Å². The third-order valence-electron chi connectivity index (χ3n) is 4.07. The van der Waals surface area contributed by atoms with Crippen molar-refractivity contribution in [1.82, 2.24) is 20.4 Å². The smallest absolute Gasteiger partial charge is 0.343 e. The number of carbonyl (C=O) groups excluding carboxylic acids is 1. The van der Waals surface area contributed by atoms with E-state index in [0.29, 0.717) is 18.3 Å². The second kappa shape index (κ2) is 8.98. The number of nitrogens with zero attached hydrogens (tertiary/aromatic N) is 3. The molecule has 0 bridgehead atoms. The van der Waals surface area contributed by atoms with Crippen molar-refractivity contribution in [2.24, 2.45) is 0 Å². The molecule has 9 heteroatoms. The molecule has 1 atom stereocenters. The van der Waals surface area contributed by atoms with Crippen molar-refractivity contribution in [3.63, 3.8) is 0 Å². The predicted molar refractivity (Wildman–Crippen MR) is 93.0 cm³/mol. The van der Waals surface area contributed by atoms with Gasteiger partial charge in [-0.2, -0.15) is 18.2 Å². The maximum Gasteiger partial charge on any atom is 0.405 e. The zero-order valence-corrected chi connectivity index (χ0v) is 15.5. The predicted octanol–water partition coefficient (Wildman–Crippen LogP) is 3.51. The van der Waals surface area contributed by atoms with Gasteiger partial charge in [0.15, 0.2) is 5.82 Å². The van der Waals surface area contributed by atoms with E-state index in [1.807, 2.05) is 31.1 Å². The molecule has 0 radical (unpaired) electrons. The monoisotopic (exact) mass is 384 g/mol. The Hall–Kier alpha value is -2.42. The molecule has 2 rings (SSSR count). The Morgan fingerprint density at radius 3 is 2.56 bits per heavy atom. The van der Waals surface area contributed by atoms with Gasteiger partial charge in [-0.15, -0.1) is 0 Å². The lowest BCUT2D eigenvalue weighted by Crippen LogP contribution is -2.33. The number of hydrogen-bond acceptors (Lipinski definition) is 5. The molecule has 1 aromatic carbocycles. The fourth-order valence-electron chi connectivity index (χ4n) is 2.42. The zero-order chi connectivity index (χ0) is 20.0. The molecule has 0 aliphatic rings. The first kappa shape index (κ1) is 20.9. The summed E-state index contributed by atoms with van der Waals surface area (Å²) in [5.41, 5.74) is 1.09. The molecule has 0 aliphatic carbocycles. The summed E-state index contributed by atoms with van der Waals surface area (Å²) in [6, 6.07) is 6.33. The minimum absolute atomic E-state index is 0.0992. The number of nitrogens with one attached hydrogen (secondary N) is 1. The minimum atomic E-state index is -4.43. The number of alkyl halides is 3. The molecule has 0 fully saturated rings. The molecule has 0 aliphatic heterocycles. The fraction of sp³-hybridized carbons (Fsp3) is 0.500. The van der Waals surface area contributed by atoms with E-state index in [0.717, 1.165) is 18.4 Å². The van der Waals surface area contributed by atoms with Gasteiger partial charge in [-0.05, 0) is 38.1 Å². The van der Waals surface area contributed by atoms with Crippen molar-refractivity contribution in [2.75, 3.05) is 13.6 Å². The van der Waals surface area contributed by atoms with Gasteiger partial charge in [-0.25, -0.2) is 0 Å². The molecular weight excluding hydrogens is 361 g/mol. The van der Waals surface area contributed by atoms with Crippen molar-refractivity contribution < 1.29 is 22.5 Å². The van der Waals surface area contributed by atoms with Crippen LogP contribution < -0.4 is 5.32 Å². The van der Waals surface area contributed by atoms with Gasteiger partial charge in [0.05, 0.1) is 6.04 Å². The number of aromatic nitrogens is 2. The van der Waals surface area contributed by atoms with Crippen LogP contribution in [0.2, 0.25) is 0 Å². The molecule has 0 saturated carbocycles. The Kier molecular flexibility index (Phi) is 6.95. The summed E-state index contributed by atoms with van der Waals surface area (Å²) in [4.78, 5) is 18.1. The van der Waals surface area contributed by atoms with Crippen molar-refractivity contribution in [3.8, 4) is 0 Å². The van der Waals surface area contributed by atoms with Crippen LogP contribution >= 0.6 is 0 Å².